The molecule has 1 N–H and O–H groups in total. The van der Waals surface area contributed by atoms with Gasteiger partial charge in [0.15, 0.2) is 0 Å². The second-order valence-electron chi connectivity index (χ2n) is 5.16. The van der Waals surface area contributed by atoms with Crippen LogP contribution in [0.15, 0.2) is 24.3 Å². The second kappa shape index (κ2) is 5.94. The fraction of sp³-hybridized carbons (Fsp3) is 0.467. The molecule has 0 radical (unpaired) electrons. The maximum absolute atomic E-state index is 12.2. The van der Waals surface area contributed by atoms with Gasteiger partial charge in [0.25, 0.3) is 0 Å². The van der Waals surface area contributed by atoms with Gasteiger partial charge < -0.3 is 14.9 Å². The SMILES string of the molecule is CC(c1ccccc1O)N(C)C(=O)CN1CCCC1=O. The summed E-state index contributed by atoms with van der Waals surface area (Å²) in [7, 11) is 1.69. The van der Waals surface area contributed by atoms with Crippen LogP contribution in [0.25, 0.3) is 0 Å². The van der Waals surface area contributed by atoms with Crippen molar-refractivity contribution in [2.24, 2.45) is 0 Å². The highest BCUT2D eigenvalue weighted by Gasteiger charge is 2.26. The highest BCUT2D eigenvalue weighted by atomic mass is 16.3. The lowest BCUT2D eigenvalue weighted by Gasteiger charge is -2.27. The molecule has 1 aliphatic heterocycles. The summed E-state index contributed by atoms with van der Waals surface area (Å²) in [5, 5.41) is 9.84. The Hall–Kier alpha value is -2.04. The molecule has 0 bridgehead atoms. The molecule has 2 amide bonds. The summed E-state index contributed by atoms with van der Waals surface area (Å²) < 4.78 is 0. The molecule has 1 fully saturated rings. The first-order valence-corrected chi connectivity index (χ1v) is 6.82. The van der Waals surface area contributed by atoms with E-state index in [0.29, 0.717) is 18.5 Å². The van der Waals surface area contributed by atoms with Crippen LogP contribution in [0.1, 0.15) is 31.4 Å². The van der Waals surface area contributed by atoms with E-state index in [1.165, 1.54) is 0 Å². The van der Waals surface area contributed by atoms with E-state index in [9.17, 15) is 14.7 Å². The Labute approximate surface area is 118 Å². The second-order valence-corrected chi connectivity index (χ2v) is 5.16. The predicted octanol–water partition coefficient (Wildman–Crippen LogP) is 1.53. The van der Waals surface area contributed by atoms with Gasteiger partial charge in [0.1, 0.15) is 5.75 Å². The van der Waals surface area contributed by atoms with Crippen molar-refractivity contribution in [2.75, 3.05) is 20.1 Å². The smallest absolute Gasteiger partial charge is 0.242 e. The fourth-order valence-corrected chi connectivity index (χ4v) is 2.41. The number of hydrogen-bond acceptors (Lipinski definition) is 3. The van der Waals surface area contributed by atoms with E-state index < -0.39 is 0 Å². The summed E-state index contributed by atoms with van der Waals surface area (Å²) in [6.45, 7) is 2.63. The number of carbonyl (C=O) groups is 2. The number of aromatic hydroxyl groups is 1. The lowest BCUT2D eigenvalue weighted by molar-refractivity contribution is -0.138. The number of likely N-dealkylation sites (N-methyl/N-ethyl adjacent to an activating group) is 1. The van der Waals surface area contributed by atoms with Gasteiger partial charge in [-0.2, -0.15) is 0 Å². The summed E-state index contributed by atoms with van der Waals surface area (Å²) in [5.41, 5.74) is 0.705. The zero-order valence-electron chi connectivity index (χ0n) is 11.9. The van der Waals surface area contributed by atoms with Crippen LogP contribution >= 0.6 is 0 Å². The molecule has 0 aliphatic carbocycles. The molecule has 108 valence electrons. The average molecular weight is 276 g/mol. The van der Waals surface area contributed by atoms with Crippen LogP contribution in [0.3, 0.4) is 0 Å². The number of rotatable bonds is 4. The van der Waals surface area contributed by atoms with Crippen LogP contribution in [-0.4, -0.2) is 46.9 Å². The van der Waals surface area contributed by atoms with Crippen LogP contribution in [0.4, 0.5) is 0 Å². The first-order chi connectivity index (χ1) is 9.50. The van der Waals surface area contributed by atoms with Crippen LogP contribution in [-0.2, 0) is 9.59 Å². The third kappa shape index (κ3) is 2.92. The lowest BCUT2D eigenvalue weighted by Crippen LogP contribution is -2.40. The van der Waals surface area contributed by atoms with Gasteiger partial charge in [-0.1, -0.05) is 18.2 Å². The Morgan fingerprint density at radius 3 is 2.75 bits per heavy atom. The number of phenolic OH excluding ortho intramolecular Hbond substituents is 1. The van der Waals surface area contributed by atoms with Gasteiger partial charge in [0.2, 0.25) is 11.8 Å². The molecule has 5 nitrogen and oxygen atoms in total. The van der Waals surface area contributed by atoms with Crippen LogP contribution < -0.4 is 0 Å². The van der Waals surface area contributed by atoms with Gasteiger partial charge in [0.05, 0.1) is 12.6 Å². The number of hydrogen-bond donors (Lipinski definition) is 1. The van der Waals surface area contributed by atoms with Crippen molar-refractivity contribution < 1.29 is 14.7 Å². The van der Waals surface area contributed by atoms with Crippen molar-refractivity contribution in [1.29, 1.82) is 0 Å². The molecule has 1 heterocycles. The van der Waals surface area contributed by atoms with E-state index in [4.69, 9.17) is 0 Å². The molecule has 0 saturated carbocycles. The third-order valence-corrected chi connectivity index (χ3v) is 3.86. The van der Waals surface area contributed by atoms with E-state index in [-0.39, 0.29) is 30.2 Å². The largest absolute Gasteiger partial charge is 0.508 e. The van der Waals surface area contributed by atoms with Gasteiger partial charge in [-0.05, 0) is 19.4 Å². The molecule has 1 saturated heterocycles. The number of phenols is 1. The maximum atomic E-state index is 12.2. The summed E-state index contributed by atoms with van der Waals surface area (Å²) in [4.78, 5) is 26.9. The van der Waals surface area contributed by atoms with E-state index in [0.717, 1.165) is 6.42 Å². The third-order valence-electron chi connectivity index (χ3n) is 3.86. The zero-order chi connectivity index (χ0) is 14.7. The molecule has 1 aromatic carbocycles. The minimum atomic E-state index is -0.235. The molecule has 5 heteroatoms. The molecule has 1 aliphatic rings. The molecule has 20 heavy (non-hydrogen) atoms. The van der Waals surface area contributed by atoms with Crippen LogP contribution in [0, 0.1) is 0 Å². The molecule has 1 aromatic rings. The number of benzene rings is 1. The Kier molecular flexibility index (Phi) is 4.27. The van der Waals surface area contributed by atoms with E-state index in [1.807, 2.05) is 13.0 Å². The van der Waals surface area contributed by atoms with E-state index in [2.05, 4.69) is 0 Å². The van der Waals surface area contributed by atoms with Crippen molar-refractivity contribution in [1.82, 2.24) is 9.80 Å². The molecule has 1 unspecified atom stereocenters. The predicted molar refractivity (Wildman–Crippen MR) is 75.1 cm³/mol. The fourth-order valence-electron chi connectivity index (χ4n) is 2.41. The zero-order valence-corrected chi connectivity index (χ0v) is 11.9. The van der Waals surface area contributed by atoms with Crippen molar-refractivity contribution in [2.45, 2.75) is 25.8 Å². The highest BCUT2D eigenvalue weighted by Crippen LogP contribution is 2.27. The van der Waals surface area contributed by atoms with Crippen LogP contribution in [0.5, 0.6) is 5.75 Å². The molecular weight excluding hydrogens is 256 g/mol. The maximum Gasteiger partial charge on any atom is 0.242 e. The number of carbonyl (C=O) groups excluding carboxylic acids is 2. The molecule has 0 aromatic heterocycles. The van der Waals surface area contributed by atoms with Crippen molar-refractivity contribution in [3.8, 4) is 5.75 Å². The van der Waals surface area contributed by atoms with Crippen LogP contribution in [0.2, 0.25) is 0 Å². The first-order valence-electron chi connectivity index (χ1n) is 6.82. The van der Waals surface area contributed by atoms with E-state index >= 15 is 0 Å². The molecule has 2 rings (SSSR count). The average Bonchev–Trinajstić information content (AvgIpc) is 2.83. The summed E-state index contributed by atoms with van der Waals surface area (Å²) in [5.74, 6) is 0.106. The number of nitrogens with zero attached hydrogens (tertiary/aromatic N) is 2. The van der Waals surface area contributed by atoms with Crippen molar-refractivity contribution >= 4 is 11.8 Å². The minimum Gasteiger partial charge on any atom is -0.508 e. The highest BCUT2D eigenvalue weighted by molar-refractivity contribution is 5.86. The minimum absolute atomic E-state index is 0.0435. The Balaban J connectivity index is 2.03. The summed E-state index contributed by atoms with van der Waals surface area (Å²) in [6, 6.07) is 6.74. The Morgan fingerprint density at radius 1 is 1.45 bits per heavy atom. The van der Waals surface area contributed by atoms with E-state index in [1.54, 1.807) is 35.0 Å². The topological polar surface area (TPSA) is 60.9 Å². The Bertz CT molecular complexity index is 516. The molecule has 0 spiro atoms. The van der Waals surface area contributed by atoms with Gasteiger partial charge >= 0.3 is 0 Å². The van der Waals surface area contributed by atoms with Gasteiger partial charge in [-0.25, -0.2) is 0 Å². The first kappa shape index (κ1) is 14.4. The van der Waals surface area contributed by atoms with Gasteiger partial charge in [0, 0.05) is 25.6 Å². The standard InChI is InChI=1S/C15H20N2O3/c1-11(12-6-3-4-7-13(12)18)16(2)15(20)10-17-9-5-8-14(17)19/h3-4,6-7,11,18H,5,8-10H2,1-2H3. The summed E-state index contributed by atoms with van der Waals surface area (Å²) in [6.07, 6.45) is 1.36. The monoisotopic (exact) mass is 276 g/mol. The normalized spacial score (nSPS) is 16.3. The molecule has 1 atom stereocenters. The lowest BCUT2D eigenvalue weighted by atomic mass is 10.1. The number of likely N-dealkylation sites (tertiary alicyclic amines) is 1. The van der Waals surface area contributed by atoms with Crippen molar-refractivity contribution in [3.63, 3.8) is 0 Å². The summed E-state index contributed by atoms with van der Waals surface area (Å²) >= 11 is 0. The van der Waals surface area contributed by atoms with Gasteiger partial charge in [-0.3, -0.25) is 9.59 Å². The van der Waals surface area contributed by atoms with Crippen molar-refractivity contribution in [3.05, 3.63) is 29.8 Å². The quantitative estimate of drug-likeness (QED) is 0.907. The number of amides is 2. The number of para-hydroxylation sites is 1. The molecular formula is C15H20N2O3. The Morgan fingerprint density at radius 2 is 2.15 bits per heavy atom. The van der Waals surface area contributed by atoms with Gasteiger partial charge in [-0.15, -0.1) is 0 Å².